The van der Waals surface area contributed by atoms with Crippen LogP contribution in [0, 0.1) is 5.82 Å². The van der Waals surface area contributed by atoms with Crippen LogP contribution in [0.2, 0.25) is 0 Å². The van der Waals surface area contributed by atoms with Gasteiger partial charge in [-0.3, -0.25) is 9.48 Å². The highest BCUT2D eigenvalue weighted by molar-refractivity contribution is 5.75. The molecular weight excluding hydrogens is 259 g/mol. The SMILES string of the molecule is CNC(=O)Cn1cc(NC(C)c2cccc(F)c2)cn1. The van der Waals surface area contributed by atoms with Crippen molar-refractivity contribution in [1.82, 2.24) is 15.1 Å². The molecule has 1 atom stereocenters. The number of amides is 1. The number of aromatic nitrogens is 2. The van der Waals surface area contributed by atoms with E-state index in [0.29, 0.717) is 0 Å². The summed E-state index contributed by atoms with van der Waals surface area (Å²) in [6.45, 7) is 2.11. The molecule has 6 heteroatoms. The fourth-order valence-electron chi connectivity index (χ4n) is 1.86. The van der Waals surface area contributed by atoms with Crippen LogP contribution >= 0.6 is 0 Å². The minimum Gasteiger partial charge on any atom is -0.376 e. The number of halogens is 1. The summed E-state index contributed by atoms with van der Waals surface area (Å²) >= 11 is 0. The van der Waals surface area contributed by atoms with Crippen LogP contribution in [0.15, 0.2) is 36.7 Å². The van der Waals surface area contributed by atoms with Crippen LogP contribution in [0.5, 0.6) is 0 Å². The van der Waals surface area contributed by atoms with E-state index in [1.54, 1.807) is 30.2 Å². The molecule has 0 spiro atoms. The van der Waals surface area contributed by atoms with Gasteiger partial charge in [-0.25, -0.2) is 4.39 Å². The van der Waals surface area contributed by atoms with Gasteiger partial charge in [-0.1, -0.05) is 12.1 Å². The Hall–Kier alpha value is -2.37. The van der Waals surface area contributed by atoms with E-state index in [1.165, 1.54) is 12.1 Å². The Kier molecular flexibility index (Phi) is 4.34. The Bertz CT molecular complexity index is 596. The van der Waals surface area contributed by atoms with Gasteiger partial charge in [-0.05, 0) is 24.6 Å². The number of nitrogens with one attached hydrogen (secondary N) is 2. The largest absolute Gasteiger partial charge is 0.376 e. The van der Waals surface area contributed by atoms with Crippen LogP contribution < -0.4 is 10.6 Å². The first-order chi connectivity index (χ1) is 9.58. The van der Waals surface area contributed by atoms with Crippen LogP contribution in [0.4, 0.5) is 10.1 Å². The Labute approximate surface area is 116 Å². The van der Waals surface area contributed by atoms with Gasteiger partial charge in [-0.15, -0.1) is 0 Å². The summed E-state index contributed by atoms with van der Waals surface area (Å²) in [5.74, 6) is -0.371. The van der Waals surface area contributed by atoms with Crippen molar-refractivity contribution >= 4 is 11.6 Å². The summed E-state index contributed by atoms with van der Waals surface area (Å²) in [6, 6.07) is 6.39. The molecule has 0 aliphatic rings. The van der Waals surface area contributed by atoms with Gasteiger partial charge in [0.25, 0.3) is 0 Å². The predicted molar refractivity (Wildman–Crippen MR) is 74.7 cm³/mol. The summed E-state index contributed by atoms with van der Waals surface area (Å²) in [4.78, 5) is 11.2. The van der Waals surface area contributed by atoms with Crippen LogP contribution in [-0.4, -0.2) is 22.7 Å². The number of anilines is 1. The van der Waals surface area contributed by atoms with Gasteiger partial charge in [0.1, 0.15) is 12.4 Å². The normalized spacial score (nSPS) is 11.9. The molecule has 0 bridgehead atoms. The van der Waals surface area contributed by atoms with Crippen molar-refractivity contribution in [3.63, 3.8) is 0 Å². The monoisotopic (exact) mass is 276 g/mol. The summed E-state index contributed by atoms with van der Waals surface area (Å²) in [5.41, 5.74) is 1.63. The molecule has 0 aliphatic heterocycles. The molecule has 0 saturated heterocycles. The zero-order valence-electron chi connectivity index (χ0n) is 11.4. The van der Waals surface area contributed by atoms with Crippen LogP contribution in [0.25, 0.3) is 0 Å². The lowest BCUT2D eigenvalue weighted by Gasteiger charge is -2.13. The first kappa shape index (κ1) is 14.0. The average molecular weight is 276 g/mol. The number of likely N-dealkylation sites (N-methyl/N-ethyl adjacent to an activating group) is 1. The molecule has 1 aromatic heterocycles. The molecule has 2 aromatic rings. The quantitative estimate of drug-likeness (QED) is 0.877. The zero-order valence-corrected chi connectivity index (χ0v) is 11.4. The first-order valence-corrected chi connectivity index (χ1v) is 6.33. The van der Waals surface area contributed by atoms with E-state index in [1.807, 2.05) is 13.0 Å². The number of nitrogens with zero attached hydrogens (tertiary/aromatic N) is 2. The lowest BCUT2D eigenvalue weighted by molar-refractivity contribution is -0.121. The van der Waals surface area contributed by atoms with E-state index in [0.717, 1.165) is 11.3 Å². The van der Waals surface area contributed by atoms with Crippen molar-refractivity contribution in [1.29, 1.82) is 0 Å². The second-order valence-corrected chi connectivity index (χ2v) is 4.52. The molecule has 1 heterocycles. The van der Waals surface area contributed by atoms with Crippen molar-refractivity contribution < 1.29 is 9.18 Å². The summed E-state index contributed by atoms with van der Waals surface area (Å²) < 4.78 is 14.7. The fourth-order valence-corrected chi connectivity index (χ4v) is 1.86. The number of rotatable bonds is 5. The zero-order chi connectivity index (χ0) is 14.5. The third-order valence-corrected chi connectivity index (χ3v) is 2.95. The summed E-state index contributed by atoms with van der Waals surface area (Å²) in [7, 11) is 1.58. The van der Waals surface area contributed by atoms with Gasteiger partial charge in [-0.2, -0.15) is 5.10 Å². The van der Waals surface area contributed by atoms with Crippen LogP contribution in [-0.2, 0) is 11.3 Å². The van der Waals surface area contributed by atoms with Gasteiger partial charge >= 0.3 is 0 Å². The molecule has 0 saturated carbocycles. The Morgan fingerprint density at radius 1 is 1.50 bits per heavy atom. The third kappa shape index (κ3) is 3.57. The van der Waals surface area contributed by atoms with E-state index < -0.39 is 0 Å². The van der Waals surface area contributed by atoms with E-state index in [9.17, 15) is 9.18 Å². The molecule has 20 heavy (non-hydrogen) atoms. The summed E-state index contributed by atoms with van der Waals surface area (Å²) in [6.07, 6.45) is 3.38. The predicted octanol–water partition coefficient (Wildman–Crippen LogP) is 1.94. The van der Waals surface area contributed by atoms with Crippen LogP contribution in [0.1, 0.15) is 18.5 Å². The van der Waals surface area contributed by atoms with Gasteiger partial charge in [0.15, 0.2) is 0 Å². The molecule has 1 amide bonds. The number of hydrogen-bond donors (Lipinski definition) is 2. The maximum absolute atomic E-state index is 13.2. The van der Waals surface area contributed by atoms with E-state index in [4.69, 9.17) is 0 Å². The van der Waals surface area contributed by atoms with Crippen molar-refractivity contribution in [2.24, 2.45) is 0 Å². The van der Waals surface area contributed by atoms with Crippen molar-refractivity contribution in [2.45, 2.75) is 19.5 Å². The molecule has 0 radical (unpaired) electrons. The highest BCUT2D eigenvalue weighted by Crippen LogP contribution is 2.19. The highest BCUT2D eigenvalue weighted by Gasteiger charge is 2.08. The number of benzene rings is 1. The molecule has 106 valence electrons. The summed E-state index contributed by atoms with van der Waals surface area (Å²) in [5, 5.41) is 9.84. The van der Waals surface area contributed by atoms with E-state index in [2.05, 4.69) is 15.7 Å². The van der Waals surface area contributed by atoms with E-state index in [-0.39, 0.29) is 24.3 Å². The van der Waals surface area contributed by atoms with Gasteiger partial charge in [0.2, 0.25) is 5.91 Å². The average Bonchev–Trinajstić information content (AvgIpc) is 2.85. The molecule has 2 N–H and O–H groups in total. The molecule has 0 fully saturated rings. The standard InChI is InChI=1S/C14H17FN4O/c1-10(11-4-3-5-12(15)6-11)18-13-7-17-19(8-13)9-14(20)16-2/h3-8,10,18H,9H2,1-2H3,(H,16,20). The van der Waals surface area contributed by atoms with Gasteiger partial charge in [0, 0.05) is 19.3 Å². The molecule has 0 aliphatic carbocycles. The lowest BCUT2D eigenvalue weighted by atomic mass is 10.1. The third-order valence-electron chi connectivity index (χ3n) is 2.95. The second-order valence-electron chi connectivity index (χ2n) is 4.52. The van der Waals surface area contributed by atoms with Crippen molar-refractivity contribution in [3.8, 4) is 0 Å². The maximum atomic E-state index is 13.2. The maximum Gasteiger partial charge on any atom is 0.241 e. The molecule has 1 aromatic carbocycles. The topological polar surface area (TPSA) is 59.0 Å². The number of carbonyl (C=O) groups excluding carboxylic acids is 1. The Balaban J connectivity index is 2.01. The minimum atomic E-state index is -0.258. The molecule has 1 unspecified atom stereocenters. The molecule has 2 rings (SSSR count). The first-order valence-electron chi connectivity index (χ1n) is 6.33. The smallest absolute Gasteiger partial charge is 0.241 e. The van der Waals surface area contributed by atoms with E-state index >= 15 is 0 Å². The lowest BCUT2D eigenvalue weighted by Crippen LogP contribution is -2.23. The Morgan fingerprint density at radius 3 is 3.00 bits per heavy atom. The van der Waals surface area contributed by atoms with Crippen LogP contribution in [0.3, 0.4) is 0 Å². The van der Waals surface area contributed by atoms with Gasteiger partial charge < -0.3 is 10.6 Å². The minimum absolute atomic E-state index is 0.0525. The molecular formula is C14H17FN4O. The second kappa shape index (κ2) is 6.18. The number of carbonyl (C=O) groups is 1. The number of hydrogen-bond acceptors (Lipinski definition) is 3. The van der Waals surface area contributed by atoms with Gasteiger partial charge in [0.05, 0.1) is 11.9 Å². The molecule has 5 nitrogen and oxygen atoms in total. The highest BCUT2D eigenvalue weighted by atomic mass is 19.1. The van der Waals surface area contributed by atoms with Crippen molar-refractivity contribution in [3.05, 3.63) is 48.0 Å². The fraction of sp³-hybridized carbons (Fsp3) is 0.286. The Morgan fingerprint density at radius 2 is 2.30 bits per heavy atom. The van der Waals surface area contributed by atoms with Crippen molar-refractivity contribution in [2.75, 3.05) is 12.4 Å².